The molecule has 0 radical (unpaired) electrons. The third kappa shape index (κ3) is 2.20. The highest BCUT2D eigenvalue weighted by Gasteiger charge is 2.24. The molecule has 0 aliphatic rings. The summed E-state index contributed by atoms with van der Waals surface area (Å²) in [5, 5.41) is 3.95. The molecule has 0 saturated heterocycles. The third-order valence-corrected chi connectivity index (χ3v) is 2.36. The van der Waals surface area contributed by atoms with Crippen LogP contribution in [0.2, 0.25) is 0 Å². The van der Waals surface area contributed by atoms with E-state index >= 15 is 0 Å². The Morgan fingerprint density at radius 2 is 2.06 bits per heavy atom. The van der Waals surface area contributed by atoms with Gasteiger partial charge in [0.15, 0.2) is 0 Å². The first-order chi connectivity index (χ1) is 7.99. The number of aromatic nitrogens is 3. The number of halogens is 2. The fourth-order valence-electron chi connectivity index (χ4n) is 1.57. The zero-order valence-electron chi connectivity index (χ0n) is 9.82. The second-order valence-corrected chi connectivity index (χ2v) is 4.13. The van der Waals surface area contributed by atoms with Gasteiger partial charge in [-0.25, -0.2) is 13.8 Å². The molecule has 2 heterocycles. The van der Waals surface area contributed by atoms with Crippen LogP contribution in [0.5, 0.6) is 0 Å². The molecule has 2 rings (SSSR count). The minimum absolute atomic E-state index is 0.128. The lowest BCUT2D eigenvalue weighted by molar-refractivity contribution is 0.143. The molecule has 0 aliphatic heterocycles. The Balaban J connectivity index is 2.47. The van der Waals surface area contributed by atoms with Crippen LogP contribution >= 0.6 is 0 Å². The van der Waals surface area contributed by atoms with Crippen LogP contribution in [-0.4, -0.2) is 14.8 Å². The Kier molecular flexibility index (Phi) is 2.95. The second-order valence-electron chi connectivity index (χ2n) is 4.13. The number of aryl methyl sites for hydroxylation is 1. The van der Waals surface area contributed by atoms with Gasteiger partial charge in [0.1, 0.15) is 11.5 Å². The van der Waals surface area contributed by atoms with Gasteiger partial charge in [-0.05, 0) is 0 Å². The van der Waals surface area contributed by atoms with E-state index in [0.717, 1.165) is 0 Å². The van der Waals surface area contributed by atoms with Gasteiger partial charge in [0.05, 0.1) is 11.8 Å². The fraction of sp³-hybridized carbons (Fsp3) is 0.455. The van der Waals surface area contributed by atoms with Gasteiger partial charge in [-0.1, -0.05) is 13.8 Å². The van der Waals surface area contributed by atoms with Crippen LogP contribution in [-0.2, 0) is 7.05 Å². The van der Waals surface area contributed by atoms with Gasteiger partial charge >= 0.3 is 0 Å². The van der Waals surface area contributed by atoms with Crippen molar-refractivity contribution in [3.63, 3.8) is 0 Å². The lowest BCUT2D eigenvalue weighted by Gasteiger charge is -2.01. The van der Waals surface area contributed by atoms with E-state index in [9.17, 15) is 8.78 Å². The minimum Gasteiger partial charge on any atom is -0.440 e. The van der Waals surface area contributed by atoms with E-state index in [1.165, 1.54) is 6.20 Å². The maximum atomic E-state index is 12.8. The van der Waals surface area contributed by atoms with Crippen molar-refractivity contribution in [1.82, 2.24) is 14.8 Å². The third-order valence-electron chi connectivity index (χ3n) is 2.36. The second kappa shape index (κ2) is 4.27. The molecule has 0 aliphatic carbocycles. The van der Waals surface area contributed by atoms with E-state index in [2.05, 4.69) is 10.1 Å². The quantitative estimate of drug-likeness (QED) is 0.829. The molecule has 17 heavy (non-hydrogen) atoms. The summed E-state index contributed by atoms with van der Waals surface area (Å²) in [6, 6.07) is 0. The van der Waals surface area contributed by atoms with Gasteiger partial charge in [0, 0.05) is 19.2 Å². The molecule has 0 unspecified atom stereocenters. The zero-order chi connectivity index (χ0) is 12.6. The van der Waals surface area contributed by atoms with Crippen LogP contribution in [0.15, 0.2) is 16.8 Å². The summed E-state index contributed by atoms with van der Waals surface area (Å²) < 4.78 is 32.5. The molecule has 4 nitrogen and oxygen atoms in total. The monoisotopic (exact) mass is 241 g/mol. The summed E-state index contributed by atoms with van der Waals surface area (Å²) in [5.41, 5.74) is 0.320. The van der Waals surface area contributed by atoms with Crippen molar-refractivity contribution in [3.8, 4) is 11.5 Å². The molecule has 0 amide bonds. The molecule has 0 bridgehead atoms. The smallest absolute Gasteiger partial charge is 0.283 e. The Morgan fingerprint density at radius 3 is 2.47 bits per heavy atom. The molecule has 2 aromatic rings. The van der Waals surface area contributed by atoms with Crippen LogP contribution in [0.3, 0.4) is 0 Å². The summed E-state index contributed by atoms with van der Waals surface area (Å²) in [5.74, 6) is 0.299. The summed E-state index contributed by atoms with van der Waals surface area (Å²) in [6.07, 6.45) is 0.581. The number of rotatable bonds is 3. The lowest BCUT2D eigenvalue weighted by Crippen LogP contribution is -1.93. The van der Waals surface area contributed by atoms with Gasteiger partial charge in [-0.2, -0.15) is 5.10 Å². The van der Waals surface area contributed by atoms with E-state index in [0.29, 0.717) is 5.56 Å². The summed E-state index contributed by atoms with van der Waals surface area (Å²) >= 11 is 0. The van der Waals surface area contributed by atoms with E-state index in [-0.39, 0.29) is 23.3 Å². The van der Waals surface area contributed by atoms with Crippen LogP contribution in [0, 0.1) is 0 Å². The Bertz CT molecular complexity index is 491. The molecule has 0 aromatic carbocycles. The maximum absolute atomic E-state index is 12.8. The molecule has 0 N–H and O–H groups in total. The minimum atomic E-state index is -2.62. The van der Waals surface area contributed by atoms with Gasteiger partial charge in [-0.3, -0.25) is 4.68 Å². The first kappa shape index (κ1) is 11.8. The molecular weight excluding hydrogens is 228 g/mol. The maximum Gasteiger partial charge on any atom is 0.283 e. The van der Waals surface area contributed by atoms with Crippen molar-refractivity contribution in [2.24, 2.45) is 7.05 Å². The largest absolute Gasteiger partial charge is 0.440 e. The van der Waals surface area contributed by atoms with Crippen LogP contribution < -0.4 is 0 Å². The molecule has 0 saturated carbocycles. The summed E-state index contributed by atoms with van der Waals surface area (Å²) in [7, 11) is 1.74. The molecular formula is C11H13F2N3O. The van der Waals surface area contributed by atoms with E-state index in [1.807, 2.05) is 0 Å². The highest BCUT2D eigenvalue weighted by molar-refractivity contribution is 5.51. The molecule has 6 heteroatoms. The van der Waals surface area contributed by atoms with E-state index < -0.39 is 6.43 Å². The van der Waals surface area contributed by atoms with E-state index in [1.54, 1.807) is 31.8 Å². The first-order valence-corrected chi connectivity index (χ1v) is 5.26. The van der Waals surface area contributed by atoms with Crippen molar-refractivity contribution < 1.29 is 13.2 Å². The van der Waals surface area contributed by atoms with Crippen molar-refractivity contribution in [2.45, 2.75) is 26.2 Å². The normalized spacial score (nSPS) is 11.7. The fourth-order valence-corrected chi connectivity index (χ4v) is 1.57. The molecule has 2 aromatic heterocycles. The number of nitrogens with zero attached hydrogens (tertiary/aromatic N) is 3. The van der Waals surface area contributed by atoms with Crippen LogP contribution in [0.1, 0.15) is 37.6 Å². The predicted molar refractivity (Wildman–Crippen MR) is 57.8 cm³/mol. The molecule has 0 spiro atoms. The number of hydrogen-bond acceptors (Lipinski definition) is 3. The lowest BCUT2D eigenvalue weighted by atomic mass is 10.1. The Morgan fingerprint density at radius 1 is 1.35 bits per heavy atom. The van der Waals surface area contributed by atoms with Crippen molar-refractivity contribution in [2.75, 3.05) is 0 Å². The number of alkyl halides is 2. The average Bonchev–Trinajstić information content (AvgIpc) is 2.82. The van der Waals surface area contributed by atoms with E-state index in [4.69, 9.17) is 4.42 Å². The van der Waals surface area contributed by atoms with Crippen molar-refractivity contribution in [1.29, 1.82) is 0 Å². The van der Waals surface area contributed by atoms with Gasteiger partial charge in [0.2, 0.25) is 5.89 Å². The zero-order valence-corrected chi connectivity index (χ0v) is 9.82. The molecule has 0 fully saturated rings. The number of hydrogen-bond donors (Lipinski definition) is 0. The van der Waals surface area contributed by atoms with Crippen LogP contribution in [0.25, 0.3) is 11.5 Å². The summed E-state index contributed by atoms with van der Waals surface area (Å²) in [4.78, 5) is 3.84. The summed E-state index contributed by atoms with van der Waals surface area (Å²) in [6.45, 7) is 3.58. The topological polar surface area (TPSA) is 43.9 Å². The van der Waals surface area contributed by atoms with Crippen molar-refractivity contribution in [3.05, 3.63) is 23.8 Å². The van der Waals surface area contributed by atoms with Gasteiger partial charge in [-0.15, -0.1) is 0 Å². The average molecular weight is 241 g/mol. The standard InChI is InChI=1S/C11H13F2N3O/c1-6(2)9-8(10(12)13)15-11(17-9)7-4-14-16(3)5-7/h4-6,10H,1-3H3. The Labute approximate surface area is 97.3 Å². The highest BCUT2D eigenvalue weighted by atomic mass is 19.3. The van der Waals surface area contributed by atoms with Crippen molar-refractivity contribution >= 4 is 0 Å². The Hall–Kier alpha value is -1.72. The first-order valence-electron chi connectivity index (χ1n) is 5.26. The van der Waals surface area contributed by atoms with Crippen LogP contribution in [0.4, 0.5) is 8.78 Å². The highest BCUT2D eigenvalue weighted by Crippen LogP contribution is 2.32. The predicted octanol–water partition coefficient (Wildman–Crippen LogP) is 3.14. The number of oxazole rings is 1. The van der Waals surface area contributed by atoms with Gasteiger partial charge in [0.25, 0.3) is 6.43 Å². The molecule has 0 atom stereocenters. The SMILES string of the molecule is CC(C)c1oc(-c2cnn(C)c2)nc1C(F)F. The van der Waals surface area contributed by atoms with Gasteiger partial charge < -0.3 is 4.42 Å². The molecule has 92 valence electrons.